The molecule has 0 aliphatic heterocycles. The maximum absolute atomic E-state index is 13.0. The first kappa shape index (κ1) is 10.5. The zero-order valence-corrected chi connectivity index (χ0v) is 8.13. The van der Waals surface area contributed by atoms with Gasteiger partial charge in [-0.1, -0.05) is 0 Å². The van der Waals surface area contributed by atoms with Crippen molar-refractivity contribution in [3.8, 4) is 5.75 Å². The highest BCUT2D eigenvalue weighted by molar-refractivity contribution is 5.92. The summed E-state index contributed by atoms with van der Waals surface area (Å²) in [6.45, 7) is 2.16. The van der Waals surface area contributed by atoms with Crippen LogP contribution in [-0.4, -0.2) is 19.6 Å². The quantitative estimate of drug-likeness (QED) is 0.596. The van der Waals surface area contributed by atoms with Crippen molar-refractivity contribution < 1.29 is 13.9 Å². The molecule has 1 aromatic rings. The number of ether oxygens (including phenoxy) is 2. The molecule has 0 saturated carbocycles. The minimum absolute atomic E-state index is 0.0506. The van der Waals surface area contributed by atoms with Gasteiger partial charge in [0.05, 0.1) is 13.7 Å². The van der Waals surface area contributed by atoms with Crippen LogP contribution in [0.5, 0.6) is 5.75 Å². The molecule has 0 spiro atoms. The van der Waals surface area contributed by atoms with Crippen molar-refractivity contribution in [1.82, 2.24) is 0 Å². The molecule has 0 atom stereocenters. The Kier molecular flexibility index (Phi) is 3.45. The van der Waals surface area contributed by atoms with Gasteiger partial charge in [-0.05, 0) is 19.1 Å². The zero-order valence-electron chi connectivity index (χ0n) is 8.13. The minimum atomic E-state index is -0.441. The molecule has 14 heavy (non-hydrogen) atoms. The lowest BCUT2D eigenvalue weighted by molar-refractivity contribution is 0.325. The molecule has 76 valence electrons. The monoisotopic (exact) mass is 197 g/mol. The molecule has 0 aliphatic carbocycles. The second-order valence-corrected chi connectivity index (χ2v) is 2.64. The molecular weight excluding hydrogens is 185 g/mol. The standard InChI is InChI=1S/C10H12FNO2/c1-3-14-10(12)7-4-8(11)6-9(5-7)13-2/h4-6,12H,3H2,1-2H3. The predicted octanol–water partition coefficient (Wildman–Crippen LogP) is 2.20. The summed E-state index contributed by atoms with van der Waals surface area (Å²) in [4.78, 5) is 0. The third kappa shape index (κ3) is 2.45. The number of hydrogen-bond acceptors (Lipinski definition) is 3. The summed E-state index contributed by atoms with van der Waals surface area (Å²) in [5.74, 6) is -0.112. The second-order valence-electron chi connectivity index (χ2n) is 2.64. The minimum Gasteiger partial charge on any atom is -0.497 e. The molecule has 1 rings (SSSR count). The van der Waals surface area contributed by atoms with Crippen LogP contribution in [0.4, 0.5) is 4.39 Å². The van der Waals surface area contributed by atoms with Gasteiger partial charge in [0, 0.05) is 11.6 Å². The van der Waals surface area contributed by atoms with Crippen LogP contribution in [-0.2, 0) is 4.74 Å². The Morgan fingerprint density at radius 3 is 2.71 bits per heavy atom. The van der Waals surface area contributed by atoms with E-state index in [2.05, 4.69) is 0 Å². The zero-order chi connectivity index (χ0) is 10.6. The predicted molar refractivity (Wildman–Crippen MR) is 51.4 cm³/mol. The Balaban J connectivity index is 2.96. The summed E-state index contributed by atoms with van der Waals surface area (Å²) in [6.07, 6.45) is 0. The average molecular weight is 197 g/mol. The fraction of sp³-hybridized carbons (Fsp3) is 0.300. The van der Waals surface area contributed by atoms with Gasteiger partial charge in [0.2, 0.25) is 5.90 Å². The first-order valence-electron chi connectivity index (χ1n) is 4.23. The number of methoxy groups -OCH3 is 1. The lowest BCUT2D eigenvalue weighted by Gasteiger charge is -2.06. The second kappa shape index (κ2) is 4.60. The van der Waals surface area contributed by atoms with Gasteiger partial charge in [-0.2, -0.15) is 0 Å². The highest BCUT2D eigenvalue weighted by atomic mass is 19.1. The fourth-order valence-electron chi connectivity index (χ4n) is 1.04. The molecule has 0 unspecified atom stereocenters. The Morgan fingerprint density at radius 1 is 1.43 bits per heavy atom. The van der Waals surface area contributed by atoms with Gasteiger partial charge >= 0.3 is 0 Å². The third-order valence-electron chi connectivity index (χ3n) is 1.66. The molecule has 0 radical (unpaired) electrons. The van der Waals surface area contributed by atoms with Gasteiger partial charge in [-0.25, -0.2) is 4.39 Å². The number of hydrogen-bond donors (Lipinski definition) is 1. The van der Waals surface area contributed by atoms with Crippen LogP contribution < -0.4 is 4.74 Å². The van der Waals surface area contributed by atoms with Crippen LogP contribution >= 0.6 is 0 Å². The van der Waals surface area contributed by atoms with Crippen LogP contribution in [0, 0.1) is 11.2 Å². The maximum atomic E-state index is 13.0. The maximum Gasteiger partial charge on any atom is 0.213 e. The summed E-state index contributed by atoms with van der Waals surface area (Å²) in [5, 5.41) is 7.45. The van der Waals surface area contributed by atoms with Gasteiger partial charge in [-0.15, -0.1) is 0 Å². The van der Waals surface area contributed by atoms with Crippen molar-refractivity contribution in [3.63, 3.8) is 0 Å². The average Bonchev–Trinajstić information content (AvgIpc) is 2.17. The molecule has 4 heteroatoms. The number of benzene rings is 1. The summed E-state index contributed by atoms with van der Waals surface area (Å²) >= 11 is 0. The summed E-state index contributed by atoms with van der Waals surface area (Å²) in [5.41, 5.74) is 0.378. The molecule has 0 aliphatic rings. The van der Waals surface area contributed by atoms with Gasteiger partial charge in [0.25, 0.3) is 0 Å². The van der Waals surface area contributed by atoms with Crippen LogP contribution in [0.2, 0.25) is 0 Å². The van der Waals surface area contributed by atoms with E-state index in [4.69, 9.17) is 14.9 Å². The van der Waals surface area contributed by atoms with E-state index < -0.39 is 5.82 Å². The largest absolute Gasteiger partial charge is 0.497 e. The first-order chi connectivity index (χ1) is 6.67. The molecule has 0 fully saturated rings. The molecule has 0 heterocycles. The van der Waals surface area contributed by atoms with E-state index in [1.165, 1.54) is 19.2 Å². The van der Waals surface area contributed by atoms with E-state index in [-0.39, 0.29) is 5.90 Å². The van der Waals surface area contributed by atoms with Crippen molar-refractivity contribution in [2.24, 2.45) is 0 Å². The van der Waals surface area contributed by atoms with E-state index in [1.54, 1.807) is 13.0 Å². The topological polar surface area (TPSA) is 42.3 Å². The van der Waals surface area contributed by atoms with E-state index in [0.29, 0.717) is 17.9 Å². The molecule has 1 N–H and O–H groups in total. The molecule has 0 aromatic heterocycles. The number of halogens is 1. The van der Waals surface area contributed by atoms with E-state index in [1.807, 2.05) is 0 Å². The van der Waals surface area contributed by atoms with Crippen molar-refractivity contribution in [1.29, 1.82) is 5.41 Å². The lowest BCUT2D eigenvalue weighted by atomic mass is 10.2. The van der Waals surface area contributed by atoms with Crippen LogP contribution in [0.15, 0.2) is 18.2 Å². The van der Waals surface area contributed by atoms with E-state index in [9.17, 15) is 4.39 Å². The van der Waals surface area contributed by atoms with Crippen molar-refractivity contribution in [2.75, 3.05) is 13.7 Å². The SMILES string of the molecule is CCOC(=N)c1cc(F)cc(OC)c1. The van der Waals surface area contributed by atoms with Crippen LogP contribution in [0.1, 0.15) is 12.5 Å². The lowest BCUT2D eigenvalue weighted by Crippen LogP contribution is -2.05. The molecule has 0 amide bonds. The Labute approximate surface area is 82.0 Å². The van der Waals surface area contributed by atoms with E-state index >= 15 is 0 Å². The molecular formula is C10H12FNO2. The Morgan fingerprint density at radius 2 is 2.14 bits per heavy atom. The van der Waals surface area contributed by atoms with Gasteiger partial charge in [0.15, 0.2) is 0 Å². The normalized spacial score (nSPS) is 9.64. The van der Waals surface area contributed by atoms with Gasteiger partial charge < -0.3 is 9.47 Å². The van der Waals surface area contributed by atoms with Crippen molar-refractivity contribution >= 4 is 5.90 Å². The molecule has 1 aromatic carbocycles. The van der Waals surface area contributed by atoms with Crippen molar-refractivity contribution in [2.45, 2.75) is 6.92 Å². The summed E-state index contributed by atoms with van der Waals surface area (Å²) in [6, 6.07) is 4.05. The van der Waals surface area contributed by atoms with Crippen LogP contribution in [0.3, 0.4) is 0 Å². The molecule has 0 saturated heterocycles. The summed E-state index contributed by atoms with van der Waals surface area (Å²) in [7, 11) is 1.45. The highest BCUT2D eigenvalue weighted by Gasteiger charge is 2.06. The first-order valence-corrected chi connectivity index (χ1v) is 4.23. The number of nitrogens with one attached hydrogen (secondary N) is 1. The van der Waals surface area contributed by atoms with Gasteiger partial charge in [0.1, 0.15) is 11.6 Å². The Bertz CT molecular complexity index is 339. The van der Waals surface area contributed by atoms with E-state index in [0.717, 1.165) is 0 Å². The Hall–Kier alpha value is -1.58. The van der Waals surface area contributed by atoms with Gasteiger partial charge in [-0.3, -0.25) is 5.41 Å². The third-order valence-corrected chi connectivity index (χ3v) is 1.66. The number of rotatable bonds is 3. The molecule has 3 nitrogen and oxygen atoms in total. The smallest absolute Gasteiger partial charge is 0.213 e. The highest BCUT2D eigenvalue weighted by Crippen LogP contribution is 2.16. The van der Waals surface area contributed by atoms with Crippen LogP contribution in [0.25, 0.3) is 0 Å². The fourth-order valence-corrected chi connectivity index (χ4v) is 1.04. The summed E-state index contributed by atoms with van der Waals surface area (Å²) < 4.78 is 22.8. The molecule has 0 bridgehead atoms. The van der Waals surface area contributed by atoms with Crippen molar-refractivity contribution in [3.05, 3.63) is 29.6 Å².